The number of hydrogen-bond donors (Lipinski definition) is 2. The number of fused-ring (bicyclic) bond motifs is 1. The van der Waals surface area contributed by atoms with Gasteiger partial charge in [0.05, 0.1) is 11.3 Å². The molecule has 0 aliphatic heterocycles. The van der Waals surface area contributed by atoms with Crippen LogP contribution in [0.2, 0.25) is 0 Å². The normalized spacial score (nSPS) is 12.8. The minimum Gasteiger partial charge on any atom is -0.481 e. The Labute approximate surface area is 177 Å². The van der Waals surface area contributed by atoms with Gasteiger partial charge in [0.15, 0.2) is 6.10 Å². The number of anilines is 1. The van der Waals surface area contributed by atoms with Gasteiger partial charge >= 0.3 is 0 Å². The molecule has 0 aliphatic carbocycles. The Hall–Kier alpha value is -3.34. The average Bonchev–Trinajstić information content (AvgIpc) is 2.77. The SMILES string of the molecule is CC[C@@H](C)NC(=O)c1ccccc1NC(=O)[C@H](CC)Oc1ccc2ccccc2c1. The van der Waals surface area contributed by atoms with E-state index in [2.05, 4.69) is 10.6 Å². The molecule has 0 saturated carbocycles. The van der Waals surface area contributed by atoms with Gasteiger partial charge in [0, 0.05) is 6.04 Å². The highest BCUT2D eigenvalue weighted by Crippen LogP contribution is 2.23. The Bertz CT molecular complexity index is 1030. The van der Waals surface area contributed by atoms with Gasteiger partial charge in [-0.3, -0.25) is 9.59 Å². The summed E-state index contributed by atoms with van der Waals surface area (Å²) in [4.78, 5) is 25.5. The minimum atomic E-state index is -0.670. The number of para-hydroxylation sites is 1. The maximum Gasteiger partial charge on any atom is 0.265 e. The third-order valence-corrected chi connectivity index (χ3v) is 5.08. The molecule has 0 unspecified atom stereocenters. The fraction of sp³-hybridized carbons (Fsp3) is 0.280. The molecule has 3 aromatic carbocycles. The third kappa shape index (κ3) is 5.17. The second kappa shape index (κ2) is 9.92. The summed E-state index contributed by atoms with van der Waals surface area (Å²) < 4.78 is 5.98. The van der Waals surface area contributed by atoms with E-state index in [9.17, 15) is 9.59 Å². The van der Waals surface area contributed by atoms with Crippen molar-refractivity contribution in [3.8, 4) is 5.75 Å². The van der Waals surface area contributed by atoms with E-state index in [1.807, 2.05) is 63.2 Å². The van der Waals surface area contributed by atoms with Gasteiger partial charge in [-0.05, 0) is 54.8 Å². The van der Waals surface area contributed by atoms with Crippen molar-refractivity contribution in [2.75, 3.05) is 5.32 Å². The minimum absolute atomic E-state index is 0.0564. The van der Waals surface area contributed by atoms with Crippen LogP contribution in [0.5, 0.6) is 5.75 Å². The highest BCUT2D eigenvalue weighted by molar-refractivity contribution is 6.04. The Morgan fingerprint density at radius 1 is 0.900 bits per heavy atom. The first-order valence-electron chi connectivity index (χ1n) is 10.4. The van der Waals surface area contributed by atoms with Gasteiger partial charge in [-0.2, -0.15) is 0 Å². The second-order valence-corrected chi connectivity index (χ2v) is 7.34. The average molecular weight is 405 g/mol. The lowest BCUT2D eigenvalue weighted by Gasteiger charge is -2.19. The Kier molecular flexibility index (Phi) is 7.07. The van der Waals surface area contributed by atoms with Crippen molar-refractivity contribution >= 4 is 28.3 Å². The lowest BCUT2D eigenvalue weighted by molar-refractivity contribution is -0.122. The molecule has 0 aromatic heterocycles. The van der Waals surface area contributed by atoms with Crippen LogP contribution in [0.1, 0.15) is 44.0 Å². The van der Waals surface area contributed by atoms with Crippen LogP contribution in [0, 0.1) is 0 Å². The van der Waals surface area contributed by atoms with E-state index in [-0.39, 0.29) is 17.9 Å². The number of amides is 2. The zero-order valence-electron chi connectivity index (χ0n) is 17.6. The van der Waals surface area contributed by atoms with Gasteiger partial charge in [-0.15, -0.1) is 0 Å². The summed E-state index contributed by atoms with van der Waals surface area (Å²) in [5, 5.41) is 7.97. The van der Waals surface area contributed by atoms with Crippen LogP contribution >= 0.6 is 0 Å². The Morgan fingerprint density at radius 3 is 2.33 bits per heavy atom. The Morgan fingerprint density at radius 2 is 1.60 bits per heavy atom. The van der Waals surface area contributed by atoms with Crippen molar-refractivity contribution in [2.24, 2.45) is 0 Å². The molecule has 0 aliphatic rings. The van der Waals surface area contributed by atoms with E-state index in [1.165, 1.54) is 0 Å². The van der Waals surface area contributed by atoms with Crippen molar-refractivity contribution < 1.29 is 14.3 Å². The molecule has 0 heterocycles. The van der Waals surface area contributed by atoms with Gasteiger partial charge in [0.2, 0.25) is 0 Å². The van der Waals surface area contributed by atoms with E-state index < -0.39 is 6.10 Å². The van der Waals surface area contributed by atoms with Crippen molar-refractivity contribution in [3.05, 3.63) is 72.3 Å². The molecule has 0 radical (unpaired) electrons. The third-order valence-electron chi connectivity index (χ3n) is 5.08. The monoisotopic (exact) mass is 404 g/mol. The van der Waals surface area contributed by atoms with Crippen LogP contribution < -0.4 is 15.4 Å². The van der Waals surface area contributed by atoms with Gasteiger partial charge in [0.25, 0.3) is 11.8 Å². The van der Waals surface area contributed by atoms with Crippen molar-refractivity contribution in [1.29, 1.82) is 0 Å². The van der Waals surface area contributed by atoms with Gasteiger partial charge in [-0.25, -0.2) is 0 Å². The first kappa shape index (κ1) is 21.4. The van der Waals surface area contributed by atoms with Crippen LogP contribution in [0.15, 0.2) is 66.7 Å². The maximum atomic E-state index is 12.9. The van der Waals surface area contributed by atoms with Crippen molar-refractivity contribution in [3.63, 3.8) is 0 Å². The quantitative estimate of drug-likeness (QED) is 0.545. The van der Waals surface area contributed by atoms with Crippen LogP contribution in [0.3, 0.4) is 0 Å². The van der Waals surface area contributed by atoms with Gasteiger partial charge in [0.1, 0.15) is 5.75 Å². The summed E-state index contributed by atoms with van der Waals surface area (Å²) in [6.07, 6.45) is 0.661. The molecule has 2 N–H and O–H groups in total. The number of benzene rings is 3. The number of carbonyl (C=O) groups excluding carboxylic acids is 2. The fourth-order valence-electron chi connectivity index (χ4n) is 3.13. The van der Waals surface area contributed by atoms with Gasteiger partial charge in [-0.1, -0.05) is 56.3 Å². The number of ether oxygens (including phenoxy) is 1. The molecule has 5 nitrogen and oxygen atoms in total. The number of hydrogen-bond acceptors (Lipinski definition) is 3. The van der Waals surface area contributed by atoms with Crippen LogP contribution in [0.25, 0.3) is 10.8 Å². The summed E-state index contributed by atoms with van der Waals surface area (Å²) in [5.41, 5.74) is 0.913. The summed E-state index contributed by atoms with van der Waals surface area (Å²) >= 11 is 0. The first-order valence-corrected chi connectivity index (χ1v) is 10.4. The van der Waals surface area contributed by atoms with E-state index >= 15 is 0 Å². The molecule has 3 rings (SSSR count). The lowest BCUT2D eigenvalue weighted by Crippen LogP contribution is -2.35. The molecule has 156 valence electrons. The fourth-order valence-corrected chi connectivity index (χ4v) is 3.13. The van der Waals surface area contributed by atoms with Crippen molar-refractivity contribution in [1.82, 2.24) is 5.32 Å². The number of carbonyl (C=O) groups is 2. The predicted octanol–water partition coefficient (Wildman–Crippen LogP) is 5.16. The smallest absolute Gasteiger partial charge is 0.265 e. The predicted molar refractivity (Wildman–Crippen MR) is 121 cm³/mol. The molecule has 2 amide bonds. The number of rotatable bonds is 8. The van der Waals surface area contributed by atoms with Crippen LogP contribution in [0.4, 0.5) is 5.69 Å². The van der Waals surface area contributed by atoms with E-state index in [0.717, 1.165) is 17.2 Å². The van der Waals surface area contributed by atoms with E-state index in [1.54, 1.807) is 24.3 Å². The summed E-state index contributed by atoms with van der Waals surface area (Å²) in [6, 6.07) is 20.8. The zero-order chi connectivity index (χ0) is 21.5. The second-order valence-electron chi connectivity index (χ2n) is 7.34. The topological polar surface area (TPSA) is 67.4 Å². The zero-order valence-corrected chi connectivity index (χ0v) is 17.6. The molecule has 0 bridgehead atoms. The Balaban J connectivity index is 1.74. The first-order chi connectivity index (χ1) is 14.5. The van der Waals surface area contributed by atoms with Crippen LogP contribution in [-0.2, 0) is 4.79 Å². The molecule has 2 atom stereocenters. The molecule has 5 heteroatoms. The molecule has 30 heavy (non-hydrogen) atoms. The highest BCUT2D eigenvalue weighted by Gasteiger charge is 2.21. The lowest BCUT2D eigenvalue weighted by atomic mass is 10.1. The maximum absolute atomic E-state index is 12.9. The summed E-state index contributed by atoms with van der Waals surface area (Å²) in [5.74, 6) is 0.150. The summed E-state index contributed by atoms with van der Waals surface area (Å²) in [6.45, 7) is 5.85. The van der Waals surface area contributed by atoms with E-state index in [4.69, 9.17) is 4.74 Å². The standard InChI is InChI=1S/C25H28N2O3/c1-4-17(3)26-24(28)21-12-8-9-13-22(21)27-25(29)23(5-2)30-20-15-14-18-10-6-7-11-19(18)16-20/h6-17,23H,4-5H2,1-3H3,(H,26,28)(H,27,29)/t17-,23+/m1/s1. The van der Waals surface area contributed by atoms with E-state index in [0.29, 0.717) is 23.4 Å². The molecule has 0 fully saturated rings. The van der Waals surface area contributed by atoms with Gasteiger partial charge < -0.3 is 15.4 Å². The highest BCUT2D eigenvalue weighted by atomic mass is 16.5. The molecule has 3 aromatic rings. The molecular weight excluding hydrogens is 376 g/mol. The van der Waals surface area contributed by atoms with Crippen LogP contribution in [-0.4, -0.2) is 24.0 Å². The van der Waals surface area contributed by atoms with Crippen molar-refractivity contribution in [2.45, 2.75) is 45.8 Å². The molecular formula is C25H28N2O3. The molecule has 0 spiro atoms. The summed E-state index contributed by atoms with van der Waals surface area (Å²) in [7, 11) is 0. The molecule has 0 saturated heterocycles. The largest absolute Gasteiger partial charge is 0.481 e. The number of nitrogens with one attached hydrogen (secondary N) is 2.